The van der Waals surface area contributed by atoms with Gasteiger partial charge in [-0.3, -0.25) is 14.9 Å². The fourth-order valence-electron chi connectivity index (χ4n) is 1.82. The number of urea groups is 1. The van der Waals surface area contributed by atoms with Gasteiger partial charge >= 0.3 is 6.03 Å². The first-order chi connectivity index (χ1) is 9.47. The molecular weight excluding hydrogens is 260 g/mol. The number of hydrogen-bond donors (Lipinski definition) is 3. The summed E-state index contributed by atoms with van der Waals surface area (Å²) in [5, 5.41) is 7.15. The second kappa shape index (κ2) is 5.60. The number of benzene rings is 1. The molecule has 1 aliphatic heterocycles. The largest absolute Gasteiger partial charge is 0.378 e. The highest BCUT2D eigenvalue weighted by atomic mass is 16.2. The summed E-state index contributed by atoms with van der Waals surface area (Å²) in [4.78, 5) is 36.1. The summed E-state index contributed by atoms with van der Waals surface area (Å²) in [6.45, 7) is 0.0581. The Morgan fingerprint density at radius 2 is 2.10 bits per heavy atom. The van der Waals surface area contributed by atoms with Gasteiger partial charge in [0.15, 0.2) is 0 Å². The molecule has 0 saturated carbocycles. The molecule has 2 rings (SSSR count). The van der Waals surface area contributed by atoms with Gasteiger partial charge in [-0.15, -0.1) is 0 Å². The van der Waals surface area contributed by atoms with Crippen molar-refractivity contribution in [2.75, 3.05) is 25.5 Å². The van der Waals surface area contributed by atoms with Crippen LogP contribution in [0, 0.1) is 0 Å². The van der Waals surface area contributed by atoms with Crippen LogP contribution >= 0.6 is 0 Å². The first-order valence-electron chi connectivity index (χ1n) is 6.14. The molecule has 1 aromatic carbocycles. The molecule has 1 aliphatic rings. The van der Waals surface area contributed by atoms with Gasteiger partial charge in [0.25, 0.3) is 11.8 Å². The zero-order valence-electron chi connectivity index (χ0n) is 11.3. The second-order valence-electron chi connectivity index (χ2n) is 4.67. The van der Waals surface area contributed by atoms with Gasteiger partial charge in [-0.1, -0.05) is 6.07 Å². The fraction of sp³-hybridized carbons (Fsp3) is 0.308. The van der Waals surface area contributed by atoms with E-state index < -0.39 is 18.0 Å². The van der Waals surface area contributed by atoms with E-state index in [1.165, 1.54) is 0 Å². The first-order valence-corrected chi connectivity index (χ1v) is 6.14. The van der Waals surface area contributed by atoms with Crippen LogP contribution in [-0.4, -0.2) is 44.5 Å². The summed E-state index contributed by atoms with van der Waals surface area (Å²) < 4.78 is 0. The minimum absolute atomic E-state index is 0.0581. The third-order valence-electron chi connectivity index (χ3n) is 2.95. The lowest BCUT2D eigenvalue weighted by Crippen LogP contribution is -2.41. The quantitative estimate of drug-likeness (QED) is 0.658. The van der Waals surface area contributed by atoms with E-state index in [0.29, 0.717) is 5.56 Å². The van der Waals surface area contributed by atoms with Gasteiger partial charge in [-0.2, -0.15) is 0 Å². The van der Waals surface area contributed by atoms with Crippen LogP contribution in [0.1, 0.15) is 10.4 Å². The Hall–Kier alpha value is -2.57. The van der Waals surface area contributed by atoms with Gasteiger partial charge in [-0.05, 0) is 18.2 Å². The molecule has 3 N–H and O–H groups in total. The molecular formula is C13H16N4O3. The average Bonchev–Trinajstić information content (AvgIpc) is 2.74. The van der Waals surface area contributed by atoms with Crippen LogP contribution in [0.5, 0.6) is 0 Å². The molecule has 1 aromatic rings. The Morgan fingerprint density at radius 1 is 1.35 bits per heavy atom. The Kier molecular flexibility index (Phi) is 3.88. The Labute approximate surface area is 116 Å². The van der Waals surface area contributed by atoms with E-state index in [0.717, 1.165) is 5.69 Å². The van der Waals surface area contributed by atoms with Gasteiger partial charge in [0, 0.05) is 31.9 Å². The Bertz CT molecular complexity index is 556. The van der Waals surface area contributed by atoms with Gasteiger partial charge < -0.3 is 15.5 Å². The third-order valence-corrected chi connectivity index (χ3v) is 2.95. The van der Waals surface area contributed by atoms with E-state index in [2.05, 4.69) is 16.0 Å². The SMILES string of the molecule is CN(C)c1cccc(C(=O)NCC2NC(=O)NC2=O)c1. The number of anilines is 1. The minimum Gasteiger partial charge on any atom is -0.378 e. The minimum atomic E-state index is -0.719. The normalized spacial score (nSPS) is 17.4. The van der Waals surface area contributed by atoms with Gasteiger partial charge in [0.05, 0.1) is 0 Å². The molecule has 4 amide bonds. The number of nitrogens with one attached hydrogen (secondary N) is 3. The zero-order chi connectivity index (χ0) is 14.7. The van der Waals surface area contributed by atoms with Crippen molar-refractivity contribution in [3.8, 4) is 0 Å². The molecule has 106 valence electrons. The molecule has 20 heavy (non-hydrogen) atoms. The maximum atomic E-state index is 12.0. The van der Waals surface area contributed by atoms with Crippen molar-refractivity contribution in [1.29, 1.82) is 0 Å². The van der Waals surface area contributed by atoms with E-state index in [1.54, 1.807) is 18.2 Å². The van der Waals surface area contributed by atoms with E-state index >= 15 is 0 Å². The summed E-state index contributed by atoms with van der Waals surface area (Å²) in [6, 6.07) is 5.86. The molecule has 0 bridgehead atoms. The number of amides is 4. The monoisotopic (exact) mass is 276 g/mol. The van der Waals surface area contributed by atoms with E-state index in [-0.39, 0.29) is 12.5 Å². The van der Waals surface area contributed by atoms with Crippen LogP contribution in [0.4, 0.5) is 10.5 Å². The number of hydrogen-bond acceptors (Lipinski definition) is 4. The molecule has 1 unspecified atom stereocenters. The average molecular weight is 276 g/mol. The first kappa shape index (κ1) is 13.9. The van der Waals surface area contributed by atoms with Gasteiger partial charge in [0.2, 0.25) is 0 Å². The lowest BCUT2D eigenvalue weighted by atomic mass is 10.1. The lowest BCUT2D eigenvalue weighted by Gasteiger charge is -2.14. The number of carbonyl (C=O) groups is 3. The maximum Gasteiger partial charge on any atom is 0.322 e. The summed E-state index contributed by atoms with van der Waals surface area (Å²) in [5.74, 6) is -0.722. The van der Waals surface area contributed by atoms with Crippen molar-refractivity contribution in [2.24, 2.45) is 0 Å². The van der Waals surface area contributed by atoms with Crippen LogP contribution in [0.25, 0.3) is 0 Å². The number of nitrogens with zero attached hydrogens (tertiary/aromatic N) is 1. The summed E-state index contributed by atoms with van der Waals surface area (Å²) in [5.41, 5.74) is 1.41. The number of imide groups is 1. The van der Waals surface area contributed by atoms with E-state index in [9.17, 15) is 14.4 Å². The van der Waals surface area contributed by atoms with E-state index in [1.807, 2.05) is 25.1 Å². The predicted octanol–water partition coefficient (Wildman–Crippen LogP) is -0.310. The summed E-state index contributed by atoms with van der Waals surface area (Å²) in [6.07, 6.45) is 0. The topological polar surface area (TPSA) is 90.5 Å². The molecule has 7 heteroatoms. The number of carbonyl (C=O) groups excluding carboxylic acids is 3. The van der Waals surface area contributed by atoms with Crippen molar-refractivity contribution in [2.45, 2.75) is 6.04 Å². The van der Waals surface area contributed by atoms with Crippen molar-refractivity contribution >= 4 is 23.5 Å². The smallest absolute Gasteiger partial charge is 0.322 e. The highest BCUT2D eigenvalue weighted by molar-refractivity contribution is 6.04. The zero-order valence-corrected chi connectivity index (χ0v) is 11.3. The van der Waals surface area contributed by atoms with Crippen LogP contribution in [0.3, 0.4) is 0 Å². The molecule has 0 spiro atoms. The number of rotatable bonds is 4. The Balaban J connectivity index is 1.97. The summed E-state index contributed by atoms with van der Waals surface area (Å²) >= 11 is 0. The summed E-state index contributed by atoms with van der Waals surface area (Å²) in [7, 11) is 3.77. The van der Waals surface area contributed by atoms with Crippen LogP contribution < -0.4 is 20.9 Å². The van der Waals surface area contributed by atoms with Gasteiger partial charge in [0.1, 0.15) is 6.04 Å². The molecule has 0 aromatic heterocycles. The lowest BCUT2D eigenvalue weighted by molar-refractivity contribution is -0.120. The van der Waals surface area contributed by atoms with Crippen LogP contribution in [-0.2, 0) is 4.79 Å². The van der Waals surface area contributed by atoms with Crippen LogP contribution in [0.2, 0.25) is 0 Å². The third kappa shape index (κ3) is 3.05. The molecule has 1 fully saturated rings. The van der Waals surface area contributed by atoms with Crippen molar-refractivity contribution in [3.05, 3.63) is 29.8 Å². The van der Waals surface area contributed by atoms with Gasteiger partial charge in [-0.25, -0.2) is 4.79 Å². The fourth-order valence-corrected chi connectivity index (χ4v) is 1.82. The molecule has 1 atom stereocenters. The molecule has 1 heterocycles. The molecule has 0 aliphatic carbocycles. The molecule has 0 radical (unpaired) electrons. The van der Waals surface area contributed by atoms with Crippen molar-refractivity contribution in [1.82, 2.24) is 16.0 Å². The maximum absolute atomic E-state index is 12.0. The molecule has 1 saturated heterocycles. The highest BCUT2D eigenvalue weighted by Crippen LogP contribution is 2.13. The van der Waals surface area contributed by atoms with Crippen molar-refractivity contribution in [3.63, 3.8) is 0 Å². The molecule has 7 nitrogen and oxygen atoms in total. The van der Waals surface area contributed by atoms with Crippen LogP contribution in [0.15, 0.2) is 24.3 Å². The van der Waals surface area contributed by atoms with E-state index in [4.69, 9.17) is 0 Å². The van der Waals surface area contributed by atoms with Crippen molar-refractivity contribution < 1.29 is 14.4 Å². The second-order valence-corrected chi connectivity index (χ2v) is 4.67. The predicted molar refractivity (Wildman–Crippen MR) is 73.6 cm³/mol. The standard InChI is InChI=1S/C13H16N4O3/c1-17(2)9-5-3-4-8(6-9)11(18)14-7-10-12(19)16-13(20)15-10/h3-6,10H,7H2,1-2H3,(H,14,18)(H2,15,16,19,20). The Morgan fingerprint density at radius 3 is 2.70 bits per heavy atom. The highest BCUT2D eigenvalue weighted by Gasteiger charge is 2.29.